The minimum Gasteiger partial charge on any atom is -0.496 e. The second kappa shape index (κ2) is 8.19. The molecule has 0 radical (unpaired) electrons. The summed E-state index contributed by atoms with van der Waals surface area (Å²) >= 11 is 0. The minimum atomic E-state index is 0.321. The van der Waals surface area contributed by atoms with E-state index in [9.17, 15) is 0 Å². The molecule has 5 heteroatoms. The lowest BCUT2D eigenvalue weighted by atomic mass is 9.84. The minimum absolute atomic E-state index is 0.321. The van der Waals surface area contributed by atoms with Gasteiger partial charge in [0.2, 0.25) is 0 Å². The van der Waals surface area contributed by atoms with Crippen molar-refractivity contribution in [2.45, 2.75) is 25.8 Å². The van der Waals surface area contributed by atoms with E-state index in [0.717, 1.165) is 63.7 Å². The smallest absolute Gasteiger partial charge is 0.127 e. The van der Waals surface area contributed by atoms with Crippen LogP contribution in [0.25, 0.3) is 0 Å². The third-order valence-corrected chi connectivity index (χ3v) is 5.24. The summed E-state index contributed by atoms with van der Waals surface area (Å²) in [5, 5.41) is 3.46. The van der Waals surface area contributed by atoms with Crippen molar-refractivity contribution in [1.82, 2.24) is 10.2 Å². The Labute approximate surface area is 145 Å². The Hall–Kier alpha value is -1.30. The van der Waals surface area contributed by atoms with Gasteiger partial charge in [-0.3, -0.25) is 4.90 Å². The lowest BCUT2D eigenvalue weighted by Crippen LogP contribution is -2.47. The molecule has 0 unspecified atom stereocenters. The summed E-state index contributed by atoms with van der Waals surface area (Å²) in [6, 6.07) is 4.58. The summed E-state index contributed by atoms with van der Waals surface area (Å²) in [6.07, 6.45) is 2.18. The summed E-state index contributed by atoms with van der Waals surface area (Å²) in [4.78, 5) is 2.60. The second-order valence-electron chi connectivity index (χ2n) is 6.76. The van der Waals surface area contributed by atoms with Gasteiger partial charge >= 0.3 is 0 Å². The summed E-state index contributed by atoms with van der Waals surface area (Å²) in [5.74, 6) is 2.46. The van der Waals surface area contributed by atoms with Gasteiger partial charge in [0.05, 0.1) is 19.8 Å². The first-order chi connectivity index (χ1) is 11.7. The molecule has 1 atom stereocenters. The van der Waals surface area contributed by atoms with Gasteiger partial charge in [0.25, 0.3) is 0 Å². The second-order valence-corrected chi connectivity index (χ2v) is 6.76. The maximum atomic E-state index is 5.78. The van der Waals surface area contributed by atoms with E-state index >= 15 is 0 Å². The predicted octanol–water partition coefficient (Wildman–Crippen LogP) is 2.39. The maximum absolute atomic E-state index is 5.78. The largest absolute Gasteiger partial charge is 0.496 e. The Kier molecular flexibility index (Phi) is 5.98. The van der Waals surface area contributed by atoms with Crippen LogP contribution in [0.4, 0.5) is 0 Å². The molecule has 2 aliphatic rings. The molecule has 0 amide bonds. The SMILES string of the molecule is COc1cc(C)cc(OC)c1[C@@H](C1CCOCC1)N1CCNCC1. The van der Waals surface area contributed by atoms with Crippen molar-refractivity contribution in [3.05, 3.63) is 23.3 Å². The molecule has 1 aromatic rings. The summed E-state index contributed by atoms with van der Waals surface area (Å²) in [5.41, 5.74) is 2.37. The van der Waals surface area contributed by atoms with Crippen molar-refractivity contribution in [3.8, 4) is 11.5 Å². The molecule has 2 aliphatic heterocycles. The van der Waals surface area contributed by atoms with Crippen LogP contribution >= 0.6 is 0 Å². The average Bonchev–Trinajstić information content (AvgIpc) is 2.64. The molecule has 5 nitrogen and oxygen atoms in total. The fourth-order valence-electron chi connectivity index (χ4n) is 4.07. The van der Waals surface area contributed by atoms with Crippen molar-refractivity contribution < 1.29 is 14.2 Å². The van der Waals surface area contributed by atoms with Crippen molar-refractivity contribution >= 4 is 0 Å². The number of aryl methyl sites for hydroxylation is 1. The number of ether oxygens (including phenoxy) is 3. The number of hydrogen-bond acceptors (Lipinski definition) is 5. The lowest BCUT2D eigenvalue weighted by molar-refractivity contribution is 0.0199. The van der Waals surface area contributed by atoms with E-state index in [1.54, 1.807) is 14.2 Å². The Morgan fingerprint density at radius 2 is 1.67 bits per heavy atom. The highest BCUT2D eigenvalue weighted by molar-refractivity contribution is 5.50. The van der Waals surface area contributed by atoms with Crippen LogP contribution < -0.4 is 14.8 Å². The standard InChI is InChI=1S/C19H30N2O3/c1-14-12-16(22-2)18(17(13-14)23-3)19(15-4-10-24-11-5-15)21-8-6-20-7-9-21/h12-13,15,19-20H,4-11H2,1-3H3/t19-/m1/s1. The fourth-order valence-corrected chi connectivity index (χ4v) is 4.07. The zero-order chi connectivity index (χ0) is 16.9. The van der Waals surface area contributed by atoms with Gasteiger partial charge in [0.15, 0.2) is 0 Å². The highest BCUT2D eigenvalue weighted by atomic mass is 16.5. The molecule has 0 aromatic heterocycles. The third kappa shape index (κ3) is 3.68. The lowest BCUT2D eigenvalue weighted by Gasteiger charge is -2.42. The summed E-state index contributed by atoms with van der Waals surface area (Å²) in [6.45, 7) is 7.98. The van der Waals surface area contributed by atoms with Crippen molar-refractivity contribution in [3.63, 3.8) is 0 Å². The molecule has 1 aromatic carbocycles. The first-order valence-electron chi connectivity index (χ1n) is 8.99. The highest BCUT2D eigenvalue weighted by Crippen LogP contribution is 2.44. The van der Waals surface area contributed by atoms with Crippen LogP contribution in [0.5, 0.6) is 11.5 Å². The molecule has 0 saturated carbocycles. The number of benzene rings is 1. The van der Waals surface area contributed by atoms with Crippen molar-refractivity contribution in [2.24, 2.45) is 5.92 Å². The third-order valence-electron chi connectivity index (χ3n) is 5.24. The molecule has 2 heterocycles. The van der Waals surface area contributed by atoms with Crippen LogP contribution in [0.1, 0.15) is 30.0 Å². The van der Waals surface area contributed by atoms with Gasteiger partial charge in [-0.2, -0.15) is 0 Å². The van der Waals surface area contributed by atoms with E-state index in [1.165, 1.54) is 11.1 Å². The predicted molar refractivity (Wildman–Crippen MR) is 95.0 cm³/mol. The maximum Gasteiger partial charge on any atom is 0.127 e. The Balaban J connectivity index is 2.03. The Morgan fingerprint density at radius 3 is 2.21 bits per heavy atom. The zero-order valence-corrected chi connectivity index (χ0v) is 15.1. The van der Waals surface area contributed by atoms with Crippen molar-refractivity contribution in [1.29, 1.82) is 0 Å². The molecular formula is C19H30N2O3. The van der Waals surface area contributed by atoms with Crippen LogP contribution in [-0.4, -0.2) is 58.5 Å². The molecule has 134 valence electrons. The molecule has 0 spiro atoms. The van der Waals surface area contributed by atoms with E-state index in [0.29, 0.717) is 12.0 Å². The van der Waals surface area contributed by atoms with E-state index in [2.05, 4.69) is 29.3 Å². The van der Waals surface area contributed by atoms with Gasteiger partial charge in [-0.05, 0) is 43.4 Å². The zero-order valence-electron chi connectivity index (χ0n) is 15.1. The summed E-state index contributed by atoms with van der Waals surface area (Å²) in [7, 11) is 3.52. The molecule has 1 N–H and O–H groups in total. The molecular weight excluding hydrogens is 304 g/mol. The number of hydrogen-bond donors (Lipinski definition) is 1. The molecule has 3 rings (SSSR count). The van der Waals surface area contributed by atoms with Crippen molar-refractivity contribution in [2.75, 3.05) is 53.6 Å². The van der Waals surface area contributed by atoms with Gasteiger partial charge in [-0.15, -0.1) is 0 Å². The molecule has 2 fully saturated rings. The average molecular weight is 334 g/mol. The van der Waals surface area contributed by atoms with Gasteiger partial charge in [-0.1, -0.05) is 0 Å². The van der Waals surface area contributed by atoms with E-state index < -0.39 is 0 Å². The van der Waals surface area contributed by atoms with E-state index in [-0.39, 0.29) is 0 Å². The normalized spacial score (nSPS) is 21.5. The van der Waals surface area contributed by atoms with Gasteiger partial charge in [-0.25, -0.2) is 0 Å². The number of nitrogens with zero attached hydrogens (tertiary/aromatic N) is 1. The van der Waals surface area contributed by atoms with E-state index in [4.69, 9.17) is 14.2 Å². The molecule has 2 saturated heterocycles. The van der Waals surface area contributed by atoms with Crippen LogP contribution in [0.3, 0.4) is 0 Å². The number of methoxy groups -OCH3 is 2. The van der Waals surface area contributed by atoms with Crippen LogP contribution in [-0.2, 0) is 4.74 Å². The highest BCUT2D eigenvalue weighted by Gasteiger charge is 2.35. The van der Waals surface area contributed by atoms with Gasteiger partial charge in [0.1, 0.15) is 11.5 Å². The molecule has 24 heavy (non-hydrogen) atoms. The summed E-state index contributed by atoms with van der Waals surface area (Å²) < 4.78 is 17.2. The first-order valence-corrected chi connectivity index (χ1v) is 8.99. The monoisotopic (exact) mass is 334 g/mol. The fraction of sp³-hybridized carbons (Fsp3) is 0.684. The number of rotatable bonds is 5. The van der Waals surface area contributed by atoms with Gasteiger partial charge in [0, 0.05) is 45.4 Å². The Morgan fingerprint density at radius 1 is 1.08 bits per heavy atom. The van der Waals surface area contributed by atoms with Crippen LogP contribution in [0, 0.1) is 12.8 Å². The quantitative estimate of drug-likeness (QED) is 0.896. The first kappa shape index (κ1) is 17.5. The number of nitrogens with one attached hydrogen (secondary N) is 1. The Bertz CT molecular complexity index is 494. The van der Waals surface area contributed by atoms with Gasteiger partial charge < -0.3 is 19.5 Å². The van der Waals surface area contributed by atoms with Crippen LogP contribution in [0.15, 0.2) is 12.1 Å². The molecule has 0 bridgehead atoms. The van der Waals surface area contributed by atoms with Crippen LogP contribution in [0.2, 0.25) is 0 Å². The topological polar surface area (TPSA) is 43.0 Å². The molecule has 0 aliphatic carbocycles. The van der Waals surface area contributed by atoms with E-state index in [1.807, 2.05) is 0 Å². The number of piperazine rings is 1.